The fourth-order valence-electron chi connectivity index (χ4n) is 2.64. The van der Waals surface area contributed by atoms with Crippen molar-refractivity contribution in [1.29, 1.82) is 0 Å². The quantitative estimate of drug-likeness (QED) is 0.938. The number of piperidine rings is 1. The summed E-state index contributed by atoms with van der Waals surface area (Å²) in [5, 5.41) is 6.44. The third kappa shape index (κ3) is 3.14. The lowest BCUT2D eigenvalue weighted by Crippen LogP contribution is -2.47. The SMILES string of the molecule is CC1CCCC(C)N1Nc1nc(Cl)nc(-n2cccn2)n1. The van der Waals surface area contributed by atoms with E-state index < -0.39 is 0 Å². The van der Waals surface area contributed by atoms with E-state index in [0.29, 0.717) is 24.0 Å². The molecule has 0 amide bonds. The van der Waals surface area contributed by atoms with E-state index in [-0.39, 0.29) is 5.28 Å². The van der Waals surface area contributed by atoms with Crippen LogP contribution in [0.5, 0.6) is 0 Å². The Morgan fingerprint density at radius 3 is 2.62 bits per heavy atom. The Morgan fingerprint density at radius 1 is 1.19 bits per heavy atom. The molecule has 1 saturated heterocycles. The highest BCUT2D eigenvalue weighted by Crippen LogP contribution is 2.22. The number of hydrazine groups is 1. The van der Waals surface area contributed by atoms with Crippen molar-refractivity contribution >= 4 is 17.5 Å². The number of aromatic nitrogens is 5. The molecular weight excluding hydrogens is 290 g/mol. The van der Waals surface area contributed by atoms with Crippen LogP contribution in [0.25, 0.3) is 5.95 Å². The molecule has 1 N–H and O–H groups in total. The van der Waals surface area contributed by atoms with Crippen molar-refractivity contribution in [3.8, 4) is 5.95 Å². The number of hydrogen-bond acceptors (Lipinski definition) is 6. The van der Waals surface area contributed by atoms with Crippen molar-refractivity contribution in [2.45, 2.75) is 45.2 Å². The maximum Gasteiger partial charge on any atom is 0.256 e. The van der Waals surface area contributed by atoms with Crippen LogP contribution in [0, 0.1) is 0 Å². The van der Waals surface area contributed by atoms with Gasteiger partial charge >= 0.3 is 0 Å². The minimum Gasteiger partial charge on any atom is -0.286 e. The van der Waals surface area contributed by atoms with Crippen molar-refractivity contribution in [2.75, 3.05) is 5.43 Å². The van der Waals surface area contributed by atoms with Gasteiger partial charge in [-0.1, -0.05) is 6.42 Å². The molecule has 0 bridgehead atoms. The molecule has 3 heterocycles. The summed E-state index contributed by atoms with van der Waals surface area (Å²) in [6, 6.07) is 2.66. The molecule has 21 heavy (non-hydrogen) atoms. The summed E-state index contributed by atoms with van der Waals surface area (Å²) in [5.41, 5.74) is 3.27. The molecule has 2 aromatic rings. The number of rotatable bonds is 3. The van der Waals surface area contributed by atoms with Gasteiger partial charge in [0, 0.05) is 24.5 Å². The second kappa shape index (κ2) is 5.95. The first-order valence-electron chi connectivity index (χ1n) is 7.10. The molecule has 0 saturated carbocycles. The Kier molecular flexibility index (Phi) is 4.03. The van der Waals surface area contributed by atoms with Gasteiger partial charge in [0.05, 0.1) is 0 Å². The summed E-state index contributed by atoms with van der Waals surface area (Å²) < 4.78 is 1.56. The molecule has 3 rings (SSSR count). The molecule has 1 aliphatic rings. The van der Waals surface area contributed by atoms with E-state index in [1.54, 1.807) is 23.1 Å². The van der Waals surface area contributed by atoms with Crippen molar-refractivity contribution in [3.63, 3.8) is 0 Å². The van der Waals surface area contributed by atoms with Crippen molar-refractivity contribution < 1.29 is 0 Å². The van der Waals surface area contributed by atoms with E-state index in [1.807, 2.05) is 0 Å². The largest absolute Gasteiger partial charge is 0.286 e. The van der Waals surface area contributed by atoms with Crippen molar-refractivity contribution in [2.24, 2.45) is 0 Å². The van der Waals surface area contributed by atoms with Gasteiger partial charge < -0.3 is 0 Å². The minimum atomic E-state index is 0.148. The summed E-state index contributed by atoms with van der Waals surface area (Å²) in [6.07, 6.45) is 6.99. The van der Waals surface area contributed by atoms with Crippen LogP contribution in [-0.4, -0.2) is 41.8 Å². The Hall–Kier alpha value is -1.73. The Labute approximate surface area is 128 Å². The number of anilines is 1. The lowest BCUT2D eigenvalue weighted by molar-refractivity contribution is 0.134. The van der Waals surface area contributed by atoms with E-state index in [9.17, 15) is 0 Å². The summed E-state index contributed by atoms with van der Waals surface area (Å²) in [4.78, 5) is 12.6. The lowest BCUT2D eigenvalue weighted by atomic mass is 10.00. The van der Waals surface area contributed by atoms with Gasteiger partial charge in [-0.3, -0.25) is 5.43 Å². The Balaban J connectivity index is 1.85. The number of hydrogen-bond donors (Lipinski definition) is 1. The second-order valence-electron chi connectivity index (χ2n) is 5.33. The molecule has 0 spiro atoms. The first kappa shape index (κ1) is 14.2. The Bertz CT molecular complexity index is 591. The summed E-state index contributed by atoms with van der Waals surface area (Å²) in [5.74, 6) is 0.848. The average molecular weight is 308 g/mol. The van der Waals surface area contributed by atoms with Crippen LogP contribution in [-0.2, 0) is 0 Å². The molecule has 2 atom stereocenters. The van der Waals surface area contributed by atoms with Gasteiger partial charge in [-0.05, 0) is 44.4 Å². The second-order valence-corrected chi connectivity index (χ2v) is 5.66. The van der Waals surface area contributed by atoms with Gasteiger partial charge in [0.1, 0.15) is 0 Å². The third-order valence-electron chi connectivity index (χ3n) is 3.73. The Morgan fingerprint density at radius 2 is 1.95 bits per heavy atom. The molecule has 7 nitrogen and oxygen atoms in total. The zero-order valence-corrected chi connectivity index (χ0v) is 12.8. The molecule has 0 radical (unpaired) electrons. The lowest BCUT2D eigenvalue weighted by Gasteiger charge is -2.38. The van der Waals surface area contributed by atoms with Gasteiger partial charge in [-0.2, -0.15) is 20.1 Å². The van der Waals surface area contributed by atoms with Gasteiger partial charge in [0.25, 0.3) is 5.95 Å². The molecule has 8 heteroatoms. The summed E-state index contributed by atoms with van der Waals surface area (Å²) >= 11 is 6.00. The van der Waals surface area contributed by atoms with Crippen LogP contribution in [0.1, 0.15) is 33.1 Å². The fraction of sp³-hybridized carbons (Fsp3) is 0.538. The molecule has 112 valence electrons. The average Bonchev–Trinajstić information content (AvgIpc) is 2.97. The first-order chi connectivity index (χ1) is 10.1. The standard InChI is InChI=1S/C13H18ClN7/c1-9-5-3-6-10(2)21(9)19-12-16-11(14)17-13(18-12)20-8-4-7-15-20/h4,7-10H,3,5-6H2,1-2H3,(H,16,17,18,19). The van der Waals surface area contributed by atoms with Crippen LogP contribution in [0.3, 0.4) is 0 Å². The number of nitrogens with zero attached hydrogens (tertiary/aromatic N) is 6. The third-order valence-corrected chi connectivity index (χ3v) is 3.90. The first-order valence-corrected chi connectivity index (χ1v) is 7.48. The molecule has 1 aliphatic heterocycles. The highest BCUT2D eigenvalue weighted by atomic mass is 35.5. The van der Waals surface area contributed by atoms with Crippen LogP contribution in [0.4, 0.5) is 5.95 Å². The maximum atomic E-state index is 6.00. The van der Waals surface area contributed by atoms with Gasteiger partial charge in [0.2, 0.25) is 11.2 Å². The minimum absolute atomic E-state index is 0.148. The maximum absolute atomic E-state index is 6.00. The van der Waals surface area contributed by atoms with Gasteiger partial charge in [0.15, 0.2) is 0 Å². The van der Waals surface area contributed by atoms with E-state index in [2.05, 4.69) is 44.3 Å². The molecule has 0 aliphatic carbocycles. The van der Waals surface area contributed by atoms with Crippen molar-refractivity contribution in [1.82, 2.24) is 29.7 Å². The van der Waals surface area contributed by atoms with Crippen LogP contribution >= 0.6 is 11.6 Å². The van der Waals surface area contributed by atoms with Crippen LogP contribution < -0.4 is 5.43 Å². The molecule has 2 aromatic heterocycles. The van der Waals surface area contributed by atoms with Gasteiger partial charge in [-0.15, -0.1) is 0 Å². The monoisotopic (exact) mass is 307 g/mol. The molecule has 2 unspecified atom stereocenters. The van der Waals surface area contributed by atoms with Crippen LogP contribution in [0.2, 0.25) is 5.28 Å². The molecule has 0 aromatic carbocycles. The van der Waals surface area contributed by atoms with Gasteiger partial charge in [-0.25, -0.2) is 9.69 Å². The predicted molar refractivity (Wildman–Crippen MR) is 80.2 cm³/mol. The number of nitrogens with one attached hydrogen (secondary N) is 1. The summed E-state index contributed by atoms with van der Waals surface area (Å²) in [6.45, 7) is 4.39. The van der Waals surface area contributed by atoms with E-state index in [4.69, 9.17) is 11.6 Å². The highest BCUT2D eigenvalue weighted by Gasteiger charge is 2.25. The highest BCUT2D eigenvalue weighted by molar-refractivity contribution is 6.28. The fourth-order valence-corrected chi connectivity index (χ4v) is 2.79. The zero-order chi connectivity index (χ0) is 14.8. The molecular formula is C13H18ClN7. The molecule has 1 fully saturated rings. The topological polar surface area (TPSA) is 71.8 Å². The van der Waals surface area contributed by atoms with E-state index in [0.717, 1.165) is 12.8 Å². The van der Waals surface area contributed by atoms with Crippen LogP contribution in [0.15, 0.2) is 18.5 Å². The van der Waals surface area contributed by atoms with E-state index >= 15 is 0 Å². The normalized spacial score (nSPS) is 23.2. The smallest absolute Gasteiger partial charge is 0.256 e. The van der Waals surface area contributed by atoms with E-state index in [1.165, 1.54) is 6.42 Å². The zero-order valence-electron chi connectivity index (χ0n) is 12.1. The summed E-state index contributed by atoms with van der Waals surface area (Å²) in [7, 11) is 0. The predicted octanol–water partition coefficient (Wildman–Crippen LogP) is 2.30. The number of halogens is 1. The van der Waals surface area contributed by atoms with Crippen molar-refractivity contribution in [3.05, 3.63) is 23.7 Å².